The van der Waals surface area contributed by atoms with Gasteiger partial charge in [-0.3, -0.25) is 9.59 Å². The molecule has 0 unspecified atom stereocenters. The van der Waals surface area contributed by atoms with Crippen molar-refractivity contribution in [2.45, 2.75) is 45.3 Å². The molecule has 0 fully saturated rings. The lowest BCUT2D eigenvalue weighted by atomic mass is 10.0. The van der Waals surface area contributed by atoms with Gasteiger partial charge in [-0.05, 0) is 95.8 Å². The fourth-order valence-corrected chi connectivity index (χ4v) is 8.19. The highest BCUT2D eigenvalue weighted by Crippen LogP contribution is 2.33. The molecule has 230 valence electrons. The van der Waals surface area contributed by atoms with Gasteiger partial charge >= 0.3 is 11.9 Å². The fourth-order valence-electron chi connectivity index (χ4n) is 4.32. The summed E-state index contributed by atoms with van der Waals surface area (Å²) < 4.78 is 0. The Kier molecular flexibility index (Phi) is 14.2. The summed E-state index contributed by atoms with van der Waals surface area (Å²) in [6.07, 6.45) is 4.11. The van der Waals surface area contributed by atoms with E-state index in [-0.39, 0.29) is 11.5 Å². The van der Waals surface area contributed by atoms with E-state index in [0.29, 0.717) is 10.0 Å². The van der Waals surface area contributed by atoms with E-state index in [1.165, 1.54) is 45.8 Å². The van der Waals surface area contributed by atoms with Crippen LogP contribution < -0.4 is 0 Å². The predicted octanol–water partition coefficient (Wildman–Crippen LogP) is 10.5. The molecule has 0 bridgehead atoms. The second-order valence-corrected chi connectivity index (χ2v) is 15.0. The number of aliphatic carboxylic acids is 2. The summed E-state index contributed by atoms with van der Waals surface area (Å²) in [5.74, 6) is 0.268. The molecular formula is C34H32Cl2O4S4. The van der Waals surface area contributed by atoms with Gasteiger partial charge in [0.15, 0.2) is 0 Å². The number of carbonyl (C=O) groups is 2. The first-order valence-electron chi connectivity index (χ1n) is 14.0. The number of hydrogen-bond acceptors (Lipinski definition) is 6. The number of benzene rings is 4. The summed E-state index contributed by atoms with van der Waals surface area (Å²) >= 11 is 18.6. The Balaban J connectivity index is 1.16. The third-order valence-corrected chi connectivity index (χ3v) is 11.6. The number of aryl methyl sites for hydroxylation is 2. The van der Waals surface area contributed by atoms with Crippen molar-refractivity contribution < 1.29 is 19.8 Å². The van der Waals surface area contributed by atoms with Gasteiger partial charge in [-0.1, -0.05) is 71.7 Å². The van der Waals surface area contributed by atoms with Crippen LogP contribution in [-0.2, 0) is 22.4 Å². The molecule has 0 atom stereocenters. The number of halogens is 2. The van der Waals surface area contributed by atoms with E-state index in [1.807, 2.05) is 36.4 Å². The van der Waals surface area contributed by atoms with Crippen LogP contribution in [-0.4, -0.2) is 45.2 Å². The third-order valence-electron chi connectivity index (χ3n) is 6.51. The predicted molar refractivity (Wildman–Crippen MR) is 190 cm³/mol. The Bertz CT molecular complexity index is 1430. The zero-order valence-electron chi connectivity index (χ0n) is 23.8. The second-order valence-electron chi connectivity index (χ2n) is 9.85. The normalized spacial score (nSPS) is 11.0. The Hall–Kier alpha value is -2.20. The molecule has 0 aromatic heterocycles. The molecule has 0 aliphatic rings. The summed E-state index contributed by atoms with van der Waals surface area (Å²) in [4.78, 5) is 25.3. The van der Waals surface area contributed by atoms with Gasteiger partial charge in [0.2, 0.25) is 0 Å². The summed E-state index contributed by atoms with van der Waals surface area (Å²) in [5, 5.41) is 18.9. The second kappa shape index (κ2) is 18.1. The van der Waals surface area contributed by atoms with Crippen LogP contribution in [0, 0.1) is 0 Å². The van der Waals surface area contributed by atoms with E-state index >= 15 is 0 Å². The first-order valence-corrected chi connectivity index (χ1v) is 18.7. The SMILES string of the molecule is O=C(O)CSc1ccc(SCCCc2ccc(-c3ccc(CCCSc4ccc(SCC(=O)O)c(Cl)c4)cc3)cc2)cc1Cl. The lowest BCUT2D eigenvalue weighted by Crippen LogP contribution is -1.97. The van der Waals surface area contributed by atoms with Crippen molar-refractivity contribution in [1.82, 2.24) is 0 Å². The Morgan fingerprint density at radius 2 is 0.932 bits per heavy atom. The summed E-state index contributed by atoms with van der Waals surface area (Å²) in [6, 6.07) is 29.2. The van der Waals surface area contributed by atoms with Crippen LogP contribution in [0.25, 0.3) is 11.1 Å². The Labute approximate surface area is 285 Å². The Morgan fingerprint density at radius 1 is 0.545 bits per heavy atom. The van der Waals surface area contributed by atoms with Crippen molar-refractivity contribution in [1.29, 1.82) is 0 Å². The lowest BCUT2D eigenvalue weighted by molar-refractivity contribution is -0.134. The molecular weight excluding hydrogens is 672 g/mol. The van der Waals surface area contributed by atoms with E-state index < -0.39 is 11.9 Å². The van der Waals surface area contributed by atoms with Crippen LogP contribution in [0.3, 0.4) is 0 Å². The van der Waals surface area contributed by atoms with Crippen LogP contribution in [0.4, 0.5) is 0 Å². The number of carboxylic acid groups (broad SMARTS) is 2. The van der Waals surface area contributed by atoms with Crippen molar-refractivity contribution in [3.8, 4) is 11.1 Å². The monoisotopic (exact) mass is 702 g/mol. The highest BCUT2D eigenvalue weighted by molar-refractivity contribution is 8.00. The highest BCUT2D eigenvalue weighted by atomic mass is 35.5. The number of rotatable bonds is 17. The first kappa shape index (κ1) is 34.7. The minimum absolute atomic E-state index is 0.00443. The zero-order chi connectivity index (χ0) is 31.3. The maximum absolute atomic E-state index is 10.8. The van der Waals surface area contributed by atoms with Crippen LogP contribution in [0.15, 0.2) is 105 Å². The molecule has 4 aromatic rings. The average Bonchev–Trinajstić information content (AvgIpc) is 3.01. The van der Waals surface area contributed by atoms with Gasteiger partial charge in [0.05, 0.1) is 21.6 Å². The largest absolute Gasteiger partial charge is 0.481 e. The van der Waals surface area contributed by atoms with Gasteiger partial charge in [0.1, 0.15) is 0 Å². The number of hydrogen-bond donors (Lipinski definition) is 2. The molecule has 10 heteroatoms. The molecule has 2 N–H and O–H groups in total. The standard InChI is InChI=1S/C34H32Cl2O4S4/c35-29-19-27(13-15-31(29)43-21-33(37)38)41-17-1-3-23-5-9-25(10-6-23)26-11-7-24(8-12-26)4-2-18-42-28-14-16-32(30(36)20-28)44-22-34(39)40/h5-16,19-20H,1-4,17-18,21-22H2,(H,37,38)(H,39,40). The van der Waals surface area contributed by atoms with Gasteiger partial charge in [0.25, 0.3) is 0 Å². The molecule has 0 radical (unpaired) electrons. The van der Waals surface area contributed by atoms with Gasteiger partial charge in [-0.25, -0.2) is 0 Å². The van der Waals surface area contributed by atoms with Crippen molar-refractivity contribution in [3.05, 3.63) is 106 Å². The summed E-state index contributed by atoms with van der Waals surface area (Å²) in [5.41, 5.74) is 5.05. The molecule has 4 aromatic carbocycles. The van der Waals surface area contributed by atoms with Crippen LogP contribution in [0.1, 0.15) is 24.0 Å². The van der Waals surface area contributed by atoms with Gasteiger partial charge in [-0.2, -0.15) is 0 Å². The molecule has 0 amide bonds. The molecule has 4 nitrogen and oxygen atoms in total. The maximum Gasteiger partial charge on any atom is 0.313 e. The van der Waals surface area contributed by atoms with Crippen LogP contribution >= 0.6 is 70.2 Å². The summed E-state index contributed by atoms with van der Waals surface area (Å²) in [6.45, 7) is 0. The van der Waals surface area contributed by atoms with Crippen molar-refractivity contribution in [2.75, 3.05) is 23.0 Å². The maximum atomic E-state index is 10.8. The molecule has 44 heavy (non-hydrogen) atoms. The van der Waals surface area contributed by atoms with E-state index in [9.17, 15) is 9.59 Å². The molecule has 0 aliphatic carbocycles. The van der Waals surface area contributed by atoms with Crippen molar-refractivity contribution in [3.63, 3.8) is 0 Å². The Morgan fingerprint density at radius 3 is 1.27 bits per heavy atom. The third kappa shape index (κ3) is 11.6. The van der Waals surface area contributed by atoms with E-state index in [0.717, 1.165) is 56.8 Å². The van der Waals surface area contributed by atoms with E-state index in [1.54, 1.807) is 23.5 Å². The minimum Gasteiger partial charge on any atom is -0.481 e. The smallest absolute Gasteiger partial charge is 0.313 e. The van der Waals surface area contributed by atoms with Crippen molar-refractivity contribution >= 4 is 82.2 Å². The lowest BCUT2D eigenvalue weighted by Gasteiger charge is -2.08. The fraction of sp³-hybridized carbons (Fsp3) is 0.235. The van der Waals surface area contributed by atoms with E-state index in [4.69, 9.17) is 33.4 Å². The molecule has 0 heterocycles. The molecule has 0 spiro atoms. The van der Waals surface area contributed by atoms with Crippen LogP contribution in [0.5, 0.6) is 0 Å². The molecule has 0 aliphatic heterocycles. The topological polar surface area (TPSA) is 74.6 Å². The molecule has 0 saturated heterocycles. The number of carboxylic acids is 2. The number of thioether (sulfide) groups is 4. The van der Waals surface area contributed by atoms with Crippen molar-refractivity contribution in [2.24, 2.45) is 0 Å². The van der Waals surface area contributed by atoms with Gasteiger partial charge < -0.3 is 10.2 Å². The highest BCUT2D eigenvalue weighted by Gasteiger charge is 2.08. The van der Waals surface area contributed by atoms with Gasteiger partial charge in [0, 0.05) is 19.6 Å². The first-order chi connectivity index (χ1) is 21.3. The average molecular weight is 704 g/mol. The quantitative estimate of drug-likeness (QED) is 0.0832. The summed E-state index contributed by atoms with van der Waals surface area (Å²) in [7, 11) is 0. The molecule has 0 saturated carbocycles. The minimum atomic E-state index is -0.850. The van der Waals surface area contributed by atoms with Gasteiger partial charge in [-0.15, -0.1) is 47.0 Å². The molecule has 4 rings (SSSR count). The zero-order valence-corrected chi connectivity index (χ0v) is 28.6. The van der Waals surface area contributed by atoms with Crippen LogP contribution in [0.2, 0.25) is 10.0 Å². The van der Waals surface area contributed by atoms with E-state index in [2.05, 4.69) is 48.5 Å².